The van der Waals surface area contributed by atoms with Gasteiger partial charge in [-0.25, -0.2) is 4.39 Å². The molecule has 28 heavy (non-hydrogen) atoms. The Hall–Kier alpha value is -1.87. The van der Waals surface area contributed by atoms with E-state index in [9.17, 15) is 24.8 Å². The summed E-state index contributed by atoms with van der Waals surface area (Å²) in [6.07, 6.45) is -6.19. The topological polar surface area (TPSA) is 90.2 Å². The van der Waals surface area contributed by atoms with Gasteiger partial charge in [-0.2, -0.15) is 0 Å². The van der Waals surface area contributed by atoms with Crippen LogP contribution >= 0.6 is 11.3 Å². The van der Waals surface area contributed by atoms with Crippen molar-refractivity contribution in [3.8, 4) is 0 Å². The summed E-state index contributed by atoms with van der Waals surface area (Å²) in [6, 6.07) is 14.7. The summed E-state index contributed by atoms with van der Waals surface area (Å²) in [5.74, 6) is -0.579. The van der Waals surface area contributed by atoms with E-state index >= 15 is 0 Å². The maximum atomic E-state index is 14.5. The first-order valence-corrected chi connectivity index (χ1v) is 9.86. The summed E-state index contributed by atoms with van der Waals surface area (Å²) in [5.41, 5.74) is 0.926. The number of rotatable bonds is 4. The first-order valence-electron chi connectivity index (χ1n) is 9.04. The summed E-state index contributed by atoms with van der Waals surface area (Å²) < 4.78 is 21.2. The Balaban J connectivity index is 1.63. The van der Waals surface area contributed by atoms with Crippen LogP contribution in [0.3, 0.4) is 0 Å². The van der Waals surface area contributed by atoms with Crippen LogP contribution in [0.5, 0.6) is 0 Å². The van der Waals surface area contributed by atoms with Crippen molar-refractivity contribution in [3.63, 3.8) is 0 Å². The van der Waals surface area contributed by atoms with Gasteiger partial charge in [0.2, 0.25) is 0 Å². The molecule has 1 aliphatic heterocycles. The van der Waals surface area contributed by atoms with Crippen LogP contribution in [0.25, 0.3) is 10.1 Å². The monoisotopic (exact) mass is 404 g/mol. The molecule has 1 saturated heterocycles. The fourth-order valence-electron chi connectivity index (χ4n) is 3.61. The molecule has 4 rings (SSSR count). The second kappa shape index (κ2) is 7.87. The van der Waals surface area contributed by atoms with Crippen LogP contribution in [0.4, 0.5) is 4.39 Å². The molecule has 3 aromatic rings. The van der Waals surface area contributed by atoms with Crippen LogP contribution in [0.2, 0.25) is 0 Å². The number of aliphatic hydroxyl groups excluding tert-OH is 4. The smallest absolute Gasteiger partial charge is 0.129 e. The molecule has 148 valence electrons. The molecule has 2 heterocycles. The average Bonchev–Trinajstić information content (AvgIpc) is 3.10. The predicted octanol–water partition coefficient (Wildman–Crippen LogP) is 2.15. The van der Waals surface area contributed by atoms with Crippen LogP contribution in [0.1, 0.15) is 22.1 Å². The second-order valence-corrected chi connectivity index (χ2v) is 8.20. The zero-order valence-corrected chi connectivity index (χ0v) is 15.7. The lowest BCUT2D eigenvalue weighted by Crippen LogP contribution is -2.55. The number of hydrogen-bond acceptors (Lipinski definition) is 6. The third kappa shape index (κ3) is 3.57. The summed E-state index contributed by atoms with van der Waals surface area (Å²) >= 11 is 1.66. The zero-order valence-electron chi connectivity index (χ0n) is 14.9. The van der Waals surface area contributed by atoms with Crippen molar-refractivity contribution in [1.82, 2.24) is 0 Å². The third-order valence-electron chi connectivity index (χ3n) is 5.11. The largest absolute Gasteiger partial charge is 0.394 e. The molecule has 1 aromatic heterocycles. The summed E-state index contributed by atoms with van der Waals surface area (Å²) in [5, 5.41) is 40.7. The van der Waals surface area contributed by atoms with Gasteiger partial charge in [0.1, 0.15) is 36.3 Å². The van der Waals surface area contributed by atoms with E-state index in [2.05, 4.69) is 6.07 Å². The van der Waals surface area contributed by atoms with E-state index in [0.717, 1.165) is 15.8 Å². The molecule has 7 heteroatoms. The van der Waals surface area contributed by atoms with E-state index in [1.165, 1.54) is 10.8 Å². The van der Waals surface area contributed by atoms with Gasteiger partial charge in [-0.3, -0.25) is 0 Å². The van der Waals surface area contributed by atoms with Crippen molar-refractivity contribution >= 4 is 21.4 Å². The first kappa shape index (κ1) is 19.4. The highest BCUT2D eigenvalue weighted by molar-refractivity contribution is 7.19. The minimum absolute atomic E-state index is 0.0931. The normalized spacial score (nSPS) is 28.0. The van der Waals surface area contributed by atoms with Gasteiger partial charge in [0.25, 0.3) is 0 Å². The molecule has 0 amide bonds. The summed E-state index contributed by atoms with van der Waals surface area (Å²) in [6.45, 7) is -0.551. The van der Waals surface area contributed by atoms with Gasteiger partial charge in [0.05, 0.1) is 6.61 Å². The Kier molecular flexibility index (Phi) is 5.46. The standard InChI is InChI=1S/C21H21FO5S/c22-15-6-5-11(7-13-9-12-3-1-2-4-17(12)28-13)8-14(15)21-20(26)19(25)18(24)16(10-23)27-21/h1-6,8-9,16,18-21,23-26H,7,10H2/t16-,18-,19+,20-,21+/m1/s1. The Labute approximate surface area is 165 Å². The fraction of sp³-hybridized carbons (Fsp3) is 0.333. The molecule has 0 saturated carbocycles. The van der Waals surface area contributed by atoms with E-state index in [4.69, 9.17) is 4.74 Å². The van der Waals surface area contributed by atoms with E-state index in [1.807, 2.05) is 24.3 Å². The van der Waals surface area contributed by atoms with Gasteiger partial charge < -0.3 is 25.2 Å². The van der Waals surface area contributed by atoms with Gasteiger partial charge in [0.15, 0.2) is 0 Å². The molecule has 0 aliphatic carbocycles. The van der Waals surface area contributed by atoms with Crippen molar-refractivity contribution < 1.29 is 29.6 Å². The molecule has 0 unspecified atom stereocenters. The number of ether oxygens (including phenoxy) is 1. The molecule has 0 spiro atoms. The molecule has 5 atom stereocenters. The number of hydrogen-bond donors (Lipinski definition) is 4. The van der Waals surface area contributed by atoms with Crippen LogP contribution in [0, 0.1) is 5.82 Å². The highest BCUT2D eigenvalue weighted by Gasteiger charge is 2.44. The SMILES string of the molecule is OC[C@H]1O[C@@H](c2cc(Cc3cc4ccccc4s3)ccc2F)[C@H](O)[C@@H](O)[C@@H]1O. The Bertz CT molecular complexity index is 939. The predicted molar refractivity (Wildman–Crippen MR) is 104 cm³/mol. The molecule has 4 N–H and O–H groups in total. The van der Waals surface area contributed by atoms with E-state index < -0.39 is 42.9 Å². The van der Waals surface area contributed by atoms with Crippen molar-refractivity contribution in [3.05, 3.63) is 70.4 Å². The van der Waals surface area contributed by atoms with Crippen molar-refractivity contribution in [2.75, 3.05) is 6.61 Å². The first-order chi connectivity index (χ1) is 13.5. The molecule has 1 aliphatic rings. The van der Waals surface area contributed by atoms with Crippen LogP contribution in [-0.2, 0) is 11.2 Å². The van der Waals surface area contributed by atoms with Gasteiger partial charge >= 0.3 is 0 Å². The lowest BCUT2D eigenvalue weighted by Gasteiger charge is -2.40. The number of fused-ring (bicyclic) bond motifs is 1. The Morgan fingerprint density at radius 2 is 1.75 bits per heavy atom. The van der Waals surface area contributed by atoms with Crippen LogP contribution in [0.15, 0.2) is 48.5 Å². The highest BCUT2D eigenvalue weighted by Crippen LogP contribution is 2.35. The lowest BCUT2D eigenvalue weighted by molar-refractivity contribution is -0.232. The molecular weight excluding hydrogens is 383 g/mol. The minimum Gasteiger partial charge on any atom is -0.394 e. The van der Waals surface area contributed by atoms with Gasteiger partial charge in [-0.05, 0) is 35.2 Å². The van der Waals surface area contributed by atoms with Gasteiger partial charge in [-0.1, -0.05) is 24.3 Å². The number of halogens is 1. The Morgan fingerprint density at radius 1 is 0.964 bits per heavy atom. The lowest BCUT2D eigenvalue weighted by atomic mass is 9.90. The molecular formula is C21H21FO5S. The van der Waals surface area contributed by atoms with E-state index in [1.54, 1.807) is 23.5 Å². The van der Waals surface area contributed by atoms with Crippen molar-refractivity contribution in [1.29, 1.82) is 0 Å². The Morgan fingerprint density at radius 3 is 2.50 bits per heavy atom. The summed E-state index contributed by atoms with van der Waals surface area (Å²) in [4.78, 5) is 1.12. The average molecular weight is 404 g/mol. The quantitative estimate of drug-likeness (QED) is 0.535. The minimum atomic E-state index is -1.54. The maximum absolute atomic E-state index is 14.5. The van der Waals surface area contributed by atoms with Gasteiger partial charge in [0, 0.05) is 21.6 Å². The molecule has 0 bridgehead atoms. The number of thiophene rings is 1. The van der Waals surface area contributed by atoms with Crippen molar-refractivity contribution in [2.45, 2.75) is 36.9 Å². The highest BCUT2D eigenvalue weighted by atomic mass is 32.1. The molecule has 2 aromatic carbocycles. The number of benzene rings is 2. The summed E-state index contributed by atoms with van der Waals surface area (Å²) in [7, 11) is 0. The number of aliphatic hydroxyl groups is 4. The van der Waals surface area contributed by atoms with E-state index in [-0.39, 0.29) is 5.56 Å². The van der Waals surface area contributed by atoms with Gasteiger partial charge in [-0.15, -0.1) is 11.3 Å². The molecule has 5 nitrogen and oxygen atoms in total. The second-order valence-electron chi connectivity index (χ2n) is 7.03. The van der Waals surface area contributed by atoms with E-state index in [0.29, 0.717) is 6.42 Å². The fourth-order valence-corrected chi connectivity index (χ4v) is 4.70. The maximum Gasteiger partial charge on any atom is 0.129 e. The molecule has 0 radical (unpaired) electrons. The van der Waals surface area contributed by atoms with Crippen LogP contribution < -0.4 is 0 Å². The van der Waals surface area contributed by atoms with Crippen LogP contribution in [-0.4, -0.2) is 51.4 Å². The zero-order chi connectivity index (χ0) is 19.8. The molecule has 1 fully saturated rings. The third-order valence-corrected chi connectivity index (χ3v) is 6.23. The van der Waals surface area contributed by atoms with Crippen molar-refractivity contribution in [2.24, 2.45) is 0 Å².